The number of alkyl halides is 1. The molecule has 1 saturated heterocycles. The van der Waals surface area contributed by atoms with Gasteiger partial charge in [-0.3, -0.25) is 9.79 Å². The molecule has 9 nitrogen and oxygen atoms in total. The number of rotatable bonds is 6. The number of ether oxygens (including phenoxy) is 2. The second-order valence-electron chi connectivity index (χ2n) is 9.19. The Balaban J connectivity index is 1.62. The third-order valence-corrected chi connectivity index (χ3v) is 8.90. The van der Waals surface area contributed by atoms with Gasteiger partial charge in [0.25, 0.3) is 5.91 Å². The van der Waals surface area contributed by atoms with Crippen molar-refractivity contribution in [2.24, 2.45) is 10.7 Å². The van der Waals surface area contributed by atoms with Gasteiger partial charge in [0.2, 0.25) is 0 Å². The van der Waals surface area contributed by atoms with Crippen molar-refractivity contribution < 1.29 is 31.5 Å². The summed E-state index contributed by atoms with van der Waals surface area (Å²) in [5.74, 6) is -2.05. The molecule has 0 radical (unpaired) electrons. The zero-order valence-corrected chi connectivity index (χ0v) is 20.3. The van der Waals surface area contributed by atoms with Gasteiger partial charge in [0.1, 0.15) is 46.2 Å². The number of amides is 1. The van der Waals surface area contributed by atoms with Gasteiger partial charge in [0.05, 0.1) is 25.2 Å². The van der Waals surface area contributed by atoms with E-state index in [-0.39, 0.29) is 28.9 Å². The topological polar surface area (TPSA) is 133 Å². The molecule has 3 heterocycles. The molecule has 1 atom stereocenters. The first-order valence-electron chi connectivity index (χ1n) is 10.8. The molecule has 0 bridgehead atoms. The van der Waals surface area contributed by atoms with Crippen molar-refractivity contribution in [1.29, 1.82) is 0 Å². The van der Waals surface area contributed by atoms with E-state index in [1.54, 1.807) is 13.0 Å². The molecule has 2 aliphatic heterocycles. The summed E-state index contributed by atoms with van der Waals surface area (Å²) in [6.45, 7) is 4.09. The monoisotopic (exact) mass is 508 g/mol. The first kappa shape index (κ1) is 25.0. The van der Waals surface area contributed by atoms with Crippen LogP contribution in [-0.4, -0.2) is 61.6 Å². The molecular formula is C23H26F2N4O5S. The van der Waals surface area contributed by atoms with Crippen LogP contribution >= 0.6 is 0 Å². The first-order chi connectivity index (χ1) is 16.4. The molecule has 2 aromatic rings. The number of carbonyl (C=O) groups is 1. The summed E-state index contributed by atoms with van der Waals surface area (Å²) < 4.78 is 64.1. The number of anilines is 1. The lowest BCUT2D eigenvalue weighted by molar-refractivity contribution is -0.0798. The maximum atomic E-state index is 14.8. The highest BCUT2D eigenvalue weighted by atomic mass is 32.2. The number of nitrogens with two attached hydrogens (primary N) is 1. The quantitative estimate of drug-likeness (QED) is 0.612. The predicted molar refractivity (Wildman–Crippen MR) is 126 cm³/mol. The van der Waals surface area contributed by atoms with E-state index >= 15 is 0 Å². The molecule has 1 aromatic heterocycles. The van der Waals surface area contributed by atoms with Gasteiger partial charge in [-0.2, -0.15) is 0 Å². The van der Waals surface area contributed by atoms with Crippen molar-refractivity contribution in [2.75, 3.05) is 31.0 Å². The smallest absolute Gasteiger partial charge is 0.274 e. The molecule has 0 aliphatic carbocycles. The highest BCUT2D eigenvalue weighted by Crippen LogP contribution is 2.39. The molecular weight excluding hydrogens is 482 g/mol. The number of carbonyl (C=O) groups excluding carboxylic acids is 1. The van der Waals surface area contributed by atoms with Gasteiger partial charge in [0.15, 0.2) is 9.84 Å². The Hall–Kier alpha value is -3.12. The molecule has 0 spiro atoms. The fourth-order valence-corrected chi connectivity index (χ4v) is 5.46. The lowest BCUT2D eigenvalue weighted by Crippen LogP contribution is -2.56. The van der Waals surface area contributed by atoms with Crippen molar-refractivity contribution in [3.63, 3.8) is 0 Å². The number of aryl methyl sites for hydroxylation is 1. The Morgan fingerprint density at radius 1 is 1.31 bits per heavy atom. The summed E-state index contributed by atoms with van der Waals surface area (Å²) in [5, 5.41) is 2.60. The minimum Gasteiger partial charge on any atom is -0.484 e. The average Bonchev–Trinajstić information content (AvgIpc) is 2.76. The highest BCUT2D eigenvalue weighted by Gasteiger charge is 2.52. The van der Waals surface area contributed by atoms with Gasteiger partial charge in [-0.1, -0.05) is 0 Å². The number of aliphatic imine (C=N–C) groups is 1. The summed E-state index contributed by atoms with van der Waals surface area (Å²) in [7, 11) is -3.97. The summed E-state index contributed by atoms with van der Waals surface area (Å²) >= 11 is 0. The first-order valence-corrected chi connectivity index (χ1v) is 12.5. The minimum absolute atomic E-state index is 0.0535. The van der Waals surface area contributed by atoms with Crippen LogP contribution in [0, 0.1) is 12.7 Å². The number of nitrogens with zero attached hydrogens (tertiary/aromatic N) is 2. The van der Waals surface area contributed by atoms with Crippen LogP contribution < -0.4 is 15.8 Å². The van der Waals surface area contributed by atoms with Crippen molar-refractivity contribution in [3.05, 3.63) is 53.1 Å². The number of hydrogen-bond donors (Lipinski definition) is 2. The van der Waals surface area contributed by atoms with Gasteiger partial charge in [-0.25, -0.2) is 22.2 Å². The number of nitrogens with one attached hydrogen (secondary N) is 1. The van der Waals surface area contributed by atoms with E-state index in [1.807, 2.05) is 0 Å². The molecule has 35 heavy (non-hydrogen) atoms. The third kappa shape index (κ3) is 4.47. The number of sulfone groups is 1. The Kier molecular flexibility index (Phi) is 6.30. The van der Waals surface area contributed by atoms with E-state index in [1.165, 1.54) is 32.2 Å². The van der Waals surface area contributed by atoms with E-state index in [2.05, 4.69) is 15.3 Å². The van der Waals surface area contributed by atoms with Crippen LogP contribution in [0.4, 0.5) is 14.5 Å². The summed E-state index contributed by atoms with van der Waals surface area (Å²) in [5.41, 5.74) is 4.25. The summed E-state index contributed by atoms with van der Waals surface area (Å²) in [4.78, 5) is 21.1. The molecule has 1 fully saturated rings. The van der Waals surface area contributed by atoms with Crippen LogP contribution in [0.5, 0.6) is 5.75 Å². The average molecular weight is 509 g/mol. The van der Waals surface area contributed by atoms with E-state index in [0.717, 1.165) is 6.07 Å². The molecule has 4 rings (SSSR count). The van der Waals surface area contributed by atoms with Crippen LogP contribution in [0.3, 0.4) is 0 Å². The second-order valence-corrected chi connectivity index (χ2v) is 11.7. The van der Waals surface area contributed by atoms with Gasteiger partial charge in [0, 0.05) is 11.3 Å². The van der Waals surface area contributed by atoms with Crippen LogP contribution in [0.25, 0.3) is 0 Å². The maximum Gasteiger partial charge on any atom is 0.274 e. The van der Waals surface area contributed by atoms with Crippen LogP contribution in [0.2, 0.25) is 0 Å². The predicted octanol–water partition coefficient (Wildman–Crippen LogP) is 2.29. The van der Waals surface area contributed by atoms with Gasteiger partial charge in [-0.15, -0.1) is 0 Å². The molecule has 3 N–H and O–H groups in total. The van der Waals surface area contributed by atoms with Crippen LogP contribution in [0.15, 0.2) is 35.5 Å². The zero-order valence-electron chi connectivity index (χ0n) is 19.5. The standard InChI is InChI=1S/C23H26F2N4O5S/c1-13-6-15(34-16-9-33-10-16)8-27-19(13)20(30)28-14-4-5-18(25)17(7-14)23(11-24)12-35(31,32)22(2,3)21(26)29-23/h4-8,16H,9-12H2,1-3H3,(H2,26,29)(H,28,30)/t23-/m0/s1. The largest absolute Gasteiger partial charge is 0.484 e. The van der Waals surface area contributed by atoms with E-state index in [9.17, 15) is 22.0 Å². The van der Waals surface area contributed by atoms with E-state index in [4.69, 9.17) is 15.2 Å². The molecule has 12 heteroatoms. The number of hydrogen-bond acceptors (Lipinski definition) is 8. The molecule has 0 unspecified atom stereocenters. The van der Waals surface area contributed by atoms with Crippen molar-refractivity contribution in [2.45, 2.75) is 37.2 Å². The molecule has 188 valence electrons. The number of amidine groups is 1. The van der Waals surface area contributed by atoms with Crippen molar-refractivity contribution in [1.82, 2.24) is 4.98 Å². The number of pyridine rings is 1. The van der Waals surface area contributed by atoms with Gasteiger partial charge in [-0.05, 0) is 50.6 Å². The van der Waals surface area contributed by atoms with E-state index < -0.39 is 44.3 Å². The maximum absolute atomic E-state index is 14.8. The fourth-order valence-electron chi connectivity index (χ4n) is 3.81. The summed E-state index contributed by atoms with van der Waals surface area (Å²) in [6, 6.07) is 5.13. The Bertz CT molecular complexity index is 1310. The second kappa shape index (κ2) is 8.83. The van der Waals surface area contributed by atoms with Crippen molar-refractivity contribution in [3.8, 4) is 5.75 Å². The number of halogens is 2. The lowest BCUT2D eigenvalue weighted by Gasteiger charge is -2.38. The molecule has 2 aliphatic rings. The Morgan fingerprint density at radius 2 is 2.03 bits per heavy atom. The van der Waals surface area contributed by atoms with Gasteiger partial charge >= 0.3 is 0 Å². The van der Waals surface area contributed by atoms with Crippen molar-refractivity contribution >= 4 is 27.3 Å². The Labute approximate surface area is 201 Å². The van der Waals surface area contributed by atoms with E-state index in [0.29, 0.717) is 24.5 Å². The van der Waals surface area contributed by atoms with Gasteiger partial charge < -0.3 is 20.5 Å². The SMILES string of the molecule is Cc1cc(OC2COC2)cnc1C(=O)Nc1ccc(F)c([C@]2(CF)CS(=O)(=O)C(C)(C)C(N)=N2)c1. The number of aromatic nitrogens is 1. The highest BCUT2D eigenvalue weighted by molar-refractivity contribution is 7.93. The molecule has 1 amide bonds. The molecule has 0 saturated carbocycles. The minimum atomic E-state index is -3.97. The fraction of sp³-hybridized carbons (Fsp3) is 0.435. The van der Waals surface area contributed by atoms with Crippen LogP contribution in [0.1, 0.15) is 35.5 Å². The number of benzene rings is 1. The zero-order chi connectivity index (χ0) is 25.6. The lowest BCUT2D eigenvalue weighted by atomic mass is 9.92. The molecule has 1 aromatic carbocycles. The summed E-state index contributed by atoms with van der Waals surface area (Å²) in [6.07, 6.45) is 1.36. The van der Waals surface area contributed by atoms with Crippen LogP contribution in [-0.2, 0) is 20.1 Å². The Morgan fingerprint density at radius 3 is 2.60 bits per heavy atom. The third-order valence-electron chi connectivity index (χ3n) is 6.28. The normalized spacial score (nSPS) is 23.2.